The molecule has 0 saturated carbocycles. The van der Waals surface area contributed by atoms with E-state index in [1.54, 1.807) is 0 Å². The summed E-state index contributed by atoms with van der Waals surface area (Å²) in [6.45, 7) is 0.882. The number of likely N-dealkylation sites (tertiary alicyclic amines) is 1. The lowest BCUT2D eigenvalue weighted by Crippen LogP contribution is -2.40. The van der Waals surface area contributed by atoms with Gasteiger partial charge in [-0.2, -0.15) is 13.2 Å². The molecule has 1 aromatic rings. The van der Waals surface area contributed by atoms with Gasteiger partial charge in [-0.3, -0.25) is 9.89 Å². The zero-order valence-electron chi connectivity index (χ0n) is 11.7. The third-order valence-electron chi connectivity index (χ3n) is 3.58. The predicted octanol–water partition coefficient (Wildman–Crippen LogP) is 1.31. The Morgan fingerprint density at radius 1 is 1.48 bits per heavy atom. The van der Waals surface area contributed by atoms with Gasteiger partial charge in [0.2, 0.25) is 5.91 Å². The van der Waals surface area contributed by atoms with Gasteiger partial charge >= 0.3 is 6.18 Å². The molecule has 1 aliphatic rings. The summed E-state index contributed by atoms with van der Waals surface area (Å²) in [5.41, 5.74) is 0. The van der Waals surface area contributed by atoms with Crippen LogP contribution >= 0.6 is 0 Å². The van der Waals surface area contributed by atoms with E-state index in [2.05, 4.69) is 25.4 Å². The van der Waals surface area contributed by atoms with Crippen LogP contribution in [0.5, 0.6) is 0 Å². The van der Waals surface area contributed by atoms with E-state index in [1.165, 1.54) is 0 Å². The number of aromatic nitrogens is 3. The monoisotopic (exact) mass is 305 g/mol. The summed E-state index contributed by atoms with van der Waals surface area (Å²) in [5.74, 6) is -1.43. The van der Waals surface area contributed by atoms with Crippen molar-refractivity contribution in [2.75, 3.05) is 13.6 Å². The highest BCUT2D eigenvalue weighted by Crippen LogP contribution is 2.25. The molecular weight excluding hydrogens is 287 g/mol. The van der Waals surface area contributed by atoms with Crippen LogP contribution in [-0.2, 0) is 17.5 Å². The van der Waals surface area contributed by atoms with Gasteiger partial charge in [-0.05, 0) is 26.4 Å². The molecule has 6 nitrogen and oxygen atoms in total. The van der Waals surface area contributed by atoms with Gasteiger partial charge in [-0.25, -0.2) is 4.98 Å². The van der Waals surface area contributed by atoms with Crippen molar-refractivity contribution in [3.8, 4) is 0 Å². The van der Waals surface area contributed by atoms with E-state index < -0.39 is 12.0 Å². The largest absolute Gasteiger partial charge is 0.453 e. The van der Waals surface area contributed by atoms with Crippen molar-refractivity contribution in [2.24, 2.45) is 0 Å². The molecule has 1 atom stereocenters. The van der Waals surface area contributed by atoms with E-state index in [9.17, 15) is 18.0 Å². The first-order valence-electron chi connectivity index (χ1n) is 6.81. The number of piperidine rings is 1. The highest BCUT2D eigenvalue weighted by molar-refractivity contribution is 5.76. The number of alkyl halides is 3. The Morgan fingerprint density at radius 2 is 2.24 bits per heavy atom. The predicted molar refractivity (Wildman–Crippen MR) is 68.1 cm³/mol. The summed E-state index contributed by atoms with van der Waals surface area (Å²) in [4.78, 5) is 17.2. The lowest BCUT2D eigenvalue weighted by Gasteiger charge is -2.31. The summed E-state index contributed by atoms with van der Waals surface area (Å²) in [5, 5.41) is 7.81. The average Bonchev–Trinajstić information content (AvgIpc) is 2.88. The van der Waals surface area contributed by atoms with Crippen molar-refractivity contribution in [1.29, 1.82) is 0 Å². The highest BCUT2D eigenvalue weighted by atomic mass is 19.4. The molecule has 118 valence electrons. The number of hydrogen-bond donors (Lipinski definition) is 2. The quantitative estimate of drug-likeness (QED) is 0.880. The topological polar surface area (TPSA) is 73.9 Å². The normalized spacial score (nSPS) is 20.5. The molecule has 0 aromatic carbocycles. The molecule has 1 fully saturated rings. The number of hydrogen-bond acceptors (Lipinski definition) is 4. The van der Waals surface area contributed by atoms with Gasteiger partial charge < -0.3 is 10.2 Å². The number of aromatic amines is 1. The van der Waals surface area contributed by atoms with Gasteiger partial charge in [-0.1, -0.05) is 6.42 Å². The van der Waals surface area contributed by atoms with E-state index in [0.29, 0.717) is 6.42 Å². The van der Waals surface area contributed by atoms with Crippen LogP contribution < -0.4 is 5.32 Å². The van der Waals surface area contributed by atoms with Crippen LogP contribution in [0.2, 0.25) is 0 Å². The molecule has 2 heterocycles. The molecule has 2 N–H and O–H groups in total. The number of nitrogens with zero attached hydrogens (tertiary/aromatic N) is 3. The van der Waals surface area contributed by atoms with Crippen molar-refractivity contribution in [2.45, 2.75) is 44.4 Å². The van der Waals surface area contributed by atoms with E-state index in [-0.39, 0.29) is 24.3 Å². The van der Waals surface area contributed by atoms with Gasteiger partial charge in [0, 0.05) is 12.5 Å². The molecular formula is C12H18F3N5O. The molecule has 0 unspecified atom stereocenters. The van der Waals surface area contributed by atoms with Crippen LogP contribution in [0.3, 0.4) is 0 Å². The number of amides is 1. The number of carbonyl (C=O) groups is 1. The van der Waals surface area contributed by atoms with Crippen molar-refractivity contribution < 1.29 is 18.0 Å². The van der Waals surface area contributed by atoms with E-state index in [4.69, 9.17) is 0 Å². The Hall–Kier alpha value is -1.64. The summed E-state index contributed by atoms with van der Waals surface area (Å²) in [7, 11) is 1.98. The molecule has 2 rings (SSSR count). The summed E-state index contributed by atoms with van der Waals surface area (Å²) >= 11 is 0. The van der Waals surface area contributed by atoms with Gasteiger partial charge in [0.05, 0.1) is 6.54 Å². The maximum Gasteiger partial charge on any atom is 0.453 e. The second-order valence-electron chi connectivity index (χ2n) is 5.21. The molecule has 0 bridgehead atoms. The second kappa shape index (κ2) is 6.42. The standard InChI is InChI=1S/C12H18F3N5O/c1-20-5-3-2-4-8(20)6-10(21)16-7-9-17-11(19-18-9)12(13,14)15/h8H,2-7H2,1H3,(H,16,21)(H,17,18,19)/t8-/m1/s1. The zero-order chi connectivity index (χ0) is 15.5. The van der Waals surface area contributed by atoms with Crippen LogP contribution in [0.4, 0.5) is 13.2 Å². The van der Waals surface area contributed by atoms with Gasteiger partial charge in [0.15, 0.2) is 0 Å². The molecule has 9 heteroatoms. The average molecular weight is 305 g/mol. The molecule has 1 amide bonds. The minimum atomic E-state index is -4.58. The van der Waals surface area contributed by atoms with Crippen molar-refractivity contribution in [3.63, 3.8) is 0 Å². The molecule has 1 saturated heterocycles. The Kier molecular flexibility index (Phi) is 4.81. The van der Waals surface area contributed by atoms with E-state index >= 15 is 0 Å². The molecule has 0 radical (unpaired) electrons. The van der Waals surface area contributed by atoms with E-state index in [0.717, 1.165) is 25.8 Å². The van der Waals surface area contributed by atoms with Crippen LogP contribution in [0.25, 0.3) is 0 Å². The fourth-order valence-electron chi connectivity index (χ4n) is 2.37. The SMILES string of the molecule is CN1CCCC[C@@H]1CC(=O)NCc1nc(C(F)(F)F)n[nH]1. The number of carbonyl (C=O) groups excluding carboxylic acids is 1. The lowest BCUT2D eigenvalue weighted by atomic mass is 10.00. The summed E-state index contributed by atoms with van der Waals surface area (Å²) in [6.07, 6.45) is -1.04. The molecule has 1 aromatic heterocycles. The van der Waals surface area contributed by atoms with Crippen LogP contribution in [0.15, 0.2) is 0 Å². The van der Waals surface area contributed by atoms with Crippen LogP contribution in [-0.4, -0.2) is 45.6 Å². The third-order valence-corrected chi connectivity index (χ3v) is 3.58. The van der Waals surface area contributed by atoms with E-state index in [1.807, 2.05) is 7.05 Å². The van der Waals surface area contributed by atoms with Gasteiger partial charge in [0.1, 0.15) is 5.82 Å². The Balaban J connectivity index is 1.80. The van der Waals surface area contributed by atoms with Crippen molar-refractivity contribution in [1.82, 2.24) is 25.4 Å². The number of rotatable bonds is 4. The number of H-pyrrole nitrogens is 1. The molecule has 1 aliphatic heterocycles. The number of nitrogens with one attached hydrogen (secondary N) is 2. The Morgan fingerprint density at radius 3 is 2.86 bits per heavy atom. The fourth-order valence-corrected chi connectivity index (χ4v) is 2.37. The first-order valence-corrected chi connectivity index (χ1v) is 6.81. The van der Waals surface area contributed by atoms with Gasteiger partial charge in [-0.15, -0.1) is 5.10 Å². The minimum absolute atomic E-state index is 0.00678. The molecule has 0 aliphatic carbocycles. The first-order chi connectivity index (χ1) is 9.86. The Bertz CT molecular complexity index is 487. The highest BCUT2D eigenvalue weighted by Gasteiger charge is 2.36. The number of halogens is 3. The van der Waals surface area contributed by atoms with Crippen molar-refractivity contribution >= 4 is 5.91 Å². The Labute approximate surface area is 120 Å². The summed E-state index contributed by atoms with van der Waals surface area (Å²) < 4.78 is 36.9. The minimum Gasteiger partial charge on any atom is -0.349 e. The summed E-state index contributed by atoms with van der Waals surface area (Å²) in [6, 6.07) is 0.194. The lowest BCUT2D eigenvalue weighted by molar-refractivity contribution is -0.144. The maximum atomic E-state index is 12.3. The second-order valence-corrected chi connectivity index (χ2v) is 5.21. The van der Waals surface area contributed by atoms with Crippen LogP contribution in [0, 0.1) is 0 Å². The molecule has 21 heavy (non-hydrogen) atoms. The molecule has 0 spiro atoms. The fraction of sp³-hybridized carbons (Fsp3) is 0.750. The van der Waals surface area contributed by atoms with Gasteiger partial charge in [0.25, 0.3) is 5.82 Å². The maximum absolute atomic E-state index is 12.3. The zero-order valence-corrected chi connectivity index (χ0v) is 11.7. The van der Waals surface area contributed by atoms with Crippen molar-refractivity contribution in [3.05, 3.63) is 11.6 Å². The third kappa shape index (κ3) is 4.42. The first kappa shape index (κ1) is 15.7. The smallest absolute Gasteiger partial charge is 0.349 e. The van der Waals surface area contributed by atoms with Crippen LogP contribution in [0.1, 0.15) is 37.3 Å².